The van der Waals surface area contributed by atoms with Crippen LogP contribution in [0.1, 0.15) is 51.6 Å². The van der Waals surface area contributed by atoms with E-state index in [1.165, 1.54) is 0 Å². The highest BCUT2D eigenvalue weighted by atomic mass is 32.2. The molecule has 0 unspecified atom stereocenters. The Morgan fingerprint density at radius 1 is 1.15 bits per heavy atom. The van der Waals surface area contributed by atoms with Gasteiger partial charge in [-0.25, -0.2) is 9.78 Å². The maximum atomic E-state index is 12.7. The fourth-order valence-corrected chi connectivity index (χ4v) is 4.09. The zero-order valence-corrected chi connectivity index (χ0v) is 16.5. The zero-order chi connectivity index (χ0) is 18.6. The number of carbonyl (C=O) groups excluding carboxylic acids is 1. The van der Waals surface area contributed by atoms with Gasteiger partial charge in [-0.1, -0.05) is 36.0 Å². The third-order valence-electron chi connectivity index (χ3n) is 4.25. The average Bonchev–Trinajstić information content (AvgIpc) is 2.62. The summed E-state index contributed by atoms with van der Waals surface area (Å²) in [6.45, 7) is 6.45. The van der Waals surface area contributed by atoms with E-state index in [2.05, 4.69) is 23.2 Å². The minimum Gasteiger partial charge on any atom is -0.444 e. The van der Waals surface area contributed by atoms with E-state index in [-0.39, 0.29) is 12.1 Å². The molecule has 4 nitrogen and oxygen atoms in total. The summed E-state index contributed by atoms with van der Waals surface area (Å²) in [4.78, 5) is 20.4. The van der Waals surface area contributed by atoms with E-state index in [0.717, 1.165) is 41.3 Å². The van der Waals surface area contributed by atoms with Crippen LogP contribution in [0, 0.1) is 0 Å². The largest absolute Gasteiger partial charge is 0.444 e. The Morgan fingerprint density at radius 3 is 2.65 bits per heavy atom. The summed E-state index contributed by atoms with van der Waals surface area (Å²) in [5, 5.41) is 0.958. The van der Waals surface area contributed by atoms with Crippen LogP contribution in [0.3, 0.4) is 0 Å². The zero-order valence-electron chi connectivity index (χ0n) is 15.6. The Bertz CT molecular complexity index is 743. The number of piperidine rings is 1. The van der Waals surface area contributed by atoms with Crippen molar-refractivity contribution in [3.05, 3.63) is 54.2 Å². The van der Waals surface area contributed by atoms with Crippen molar-refractivity contribution in [3.63, 3.8) is 0 Å². The van der Waals surface area contributed by atoms with E-state index >= 15 is 0 Å². The summed E-state index contributed by atoms with van der Waals surface area (Å²) >= 11 is 1.64. The summed E-state index contributed by atoms with van der Waals surface area (Å²) in [6, 6.07) is 14.3. The molecule has 0 spiro atoms. The van der Waals surface area contributed by atoms with Crippen molar-refractivity contribution >= 4 is 17.9 Å². The lowest BCUT2D eigenvalue weighted by Crippen LogP contribution is -2.42. The Kier molecular flexibility index (Phi) is 5.87. The normalized spacial score (nSPS) is 17.8. The predicted octanol–water partition coefficient (Wildman–Crippen LogP) is 5.69. The number of aromatic nitrogens is 1. The van der Waals surface area contributed by atoms with Gasteiger partial charge in [0.1, 0.15) is 10.6 Å². The first-order valence-electron chi connectivity index (χ1n) is 9.11. The molecule has 2 heterocycles. The molecule has 1 fully saturated rings. The molecule has 2 aromatic rings. The lowest BCUT2D eigenvalue weighted by Gasteiger charge is -2.37. The summed E-state index contributed by atoms with van der Waals surface area (Å²) < 4.78 is 5.65. The van der Waals surface area contributed by atoms with Gasteiger partial charge in [-0.15, -0.1) is 0 Å². The minimum atomic E-state index is -0.490. The summed E-state index contributed by atoms with van der Waals surface area (Å²) in [5.41, 5.74) is 0.613. The van der Waals surface area contributed by atoms with Crippen LogP contribution < -0.4 is 0 Å². The number of amides is 1. The van der Waals surface area contributed by atoms with Crippen molar-refractivity contribution in [1.29, 1.82) is 0 Å². The van der Waals surface area contributed by atoms with E-state index in [1.807, 2.05) is 56.1 Å². The molecule has 0 aliphatic carbocycles. The van der Waals surface area contributed by atoms with Gasteiger partial charge in [-0.3, -0.25) is 0 Å². The molecule has 26 heavy (non-hydrogen) atoms. The Morgan fingerprint density at radius 2 is 1.92 bits per heavy atom. The van der Waals surface area contributed by atoms with Gasteiger partial charge in [0.15, 0.2) is 0 Å². The SMILES string of the molecule is CC(C)(C)OC(=O)N1CCCC[C@@H]1c1cccnc1Sc1ccccc1. The maximum absolute atomic E-state index is 12.7. The van der Waals surface area contributed by atoms with Crippen LogP contribution in [0.25, 0.3) is 0 Å². The molecule has 3 rings (SSSR count). The van der Waals surface area contributed by atoms with Crippen LogP contribution in [0.15, 0.2) is 58.6 Å². The van der Waals surface area contributed by atoms with Gasteiger partial charge in [-0.05, 0) is 58.2 Å². The van der Waals surface area contributed by atoms with Crippen molar-refractivity contribution in [2.75, 3.05) is 6.54 Å². The molecule has 0 radical (unpaired) electrons. The second-order valence-corrected chi connectivity index (χ2v) is 8.56. The molecule has 138 valence electrons. The van der Waals surface area contributed by atoms with E-state index < -0.39 is 5.60 Å². The number of rotatable bonds is 3. The van der Waals surface area contributed by atoms with Crippen LogP contribution in [0.2, 0.25) is 0 Å². The lowest BCUT2D eigenvalue weighted by atomic mass is 9.97. The number of hydrogen-bond acceptors (Lipinski definition) is 4. The summed E-state index contributed by atoms with van der Waals surface area (Å²) in [5.74, 6) is 0. The first-order valence-corrected chi connectivity index (χ1v) is 9.93. The van der Waals surface area contributed by atoms with Crippen molar-refractivity contribution in [2.45, 2.75) is 61.6 Å². The van der Waals surface area contributed by atoms with Crippen LogP contribution in [-0.2, 0) is 4.74 Å². The first-order chi connectivity index (χ1) is 12.4. The Hall–Kier alpha value is -2.01. The van der Waals surface area contributed by atoms with Gasteiger partial charge in [-0.2, -0.15) is 0 Å². The van der Waals surface area contributed by atoms with Crippen molar-refractivity contribution in [2.24, 2.45) is 0 Å². The van der Waals surface area contributed by atoms with Gasteiger partial charge < -0.3 is 9.64 Å². The van der Waals surface area contributed by atoms with Gasteiger partial charge >= 0.3 is 6.09 Å². The predicted molar refractivity (Wildman–Crippen MR) is 104 cm³/mol. The number of hydrogen-bond donors (Lipinski definition) is 0. The fourth-order valence-electron chi connectivity index (χ4n) is 3.14. The fraction of sp³-hybridized carbons (Fsp3) is 0.429. The van der Waals surface area contributed by atoms with E-state index in [0.29, 0.717) is 0 Å². The summed E-state index contributed by atoms with van der Waals surface area (Å²) in [6.07, 6.45) is 4.63. The highest BCUT2D eigenvalue weighted by Crippen LogP contribution is 2.38. The number of nitrogens with zero attached hydrogens (tertiary/aromatic N) is 2. The van der Waals surface area contributed by atoms with Gasteiger partial charge in [0.2, 0.25) is 0 Å². The molecule has 1 saturated heterocycles. The van der Waals surface area contributed by atoms with Gasteiger partial charge in [0.25, 0.3) is 0 Å². The standard InChI is InChI=1S/C21H26N2O2S/c1-21(2,3)25-20(24)23-15-8-7-13-18(23)17-12-9-14-22-19(17)26-16-10-5-4-6-11-16/h4-6,9-12,14,18H,7-8,13,15H2,1-3H3/t18-/m1/s1. The minimum absolute atomic E-state index is 0.0125. The third-order valence-corrected chi connectivity index (χ3v) is 5.29. The smallest absolute Gasteiger partial charge is 0.410 e. The number of benzene rings is 1. The van der Waals surface area contributed by atoms with Crippen LogP contribution in [0.4, 0.5) is 4.79 Å². The van der Waals surface area contributed by atoms with Crippen LogP contribution >= 0.6 is 11.8 Å². The molecule has 1 atom stereocenters. The third kappa shape index (κ3) is 4.79. The molecule has 1 aliphatic heterocycles. The number of carbonyl (C=O) groups is 1. The highest BCUT2D eigenvalue weighted by Gasteiger charge is 2.33. The van der Waals surface area contributed by atoms with E-state index in [4.69, 9.17) is 4.74 Å². The number of pyridine rings is 1. The van der Waals surface area contributed by atoms with E-state index in [1.54, 1.807) is 11.8 Å². The Balaban J connectivity index is 1.87. The average molecular weight is 371 g/mol. The molecule has 1 aromatic carbocycles. The Labute approximate surface area is 160 Å². The van der Waals surface area contributed by atoms with Crippen LogP contribution in [0.5, 0.6) is 0 Å². The van der Waals surface area contributed by atoms with E-state index in [9.17, 15) is 4.79 Å². The second kappa shape index (κ2) is 8.12. The number of likely N-dealkylation sites (tertiary alicyclic amines) is 1. The highest BCUT2D eigenvalue weighted by molar-refractivity contribution is 7.99. The monoisotopic (exact) mass is 370 g/mol. The molecule has 1 aliphatic rings. The molecule has 1 amide bonds. The number of ether oxygens (including phenoxy) is 1. The van der Waals surface area contributed by atoms with Gasteiger partial charge in [0.05, 0.1) is 6.04 Å². The quantitative estimate of drug-likeness (QED) is 0.695. The molecule has 0 saturated carbocycles. The van der Waals surface area contributed by atoms with Crippen molar-refractivity contribution < 1.29 is 9.53 Å². The maximum Gasteiger partial charge on any atom is 0.410 e. The second-order valence-electron chi connectivity index (χ2n) is 7.50. The van der Waals surface area contributed by atoms with Crippen molar-refractivity contribution in [3.8, 4) is 0 Å². The molecule has 5 heteroatoms. The lowest BCUT2D eigenvalue weighted by molar-refractivity contribution is 0.00915. The molecule has 0 N–H and O–H groups in total. The van der Waals surface area contributed by atoms with Crippen LogP contribution in [-0.4, -0.2) is 28.1 Å². The molecular formula is C21H26N2O2S. The van der Waals surface area contributed by atoms with Crippen molar-refractivity contribution in [1.82, 2.24) is 9.88 Å². The molecular weight excluding hydrogens is 344 g/mol. The molecule has 1 aromatic heterocycles. The van der Waals surface area contributed by atoms with Gasteiger partial charge in [0, 0.05) is 23.2 Å². The molecule has 0 bridgehead atoms. The summed E-state index contributed by atoms with van der Waals surface area (Å²) in [7, 11) is 0. The first kappa shape index (κ1) is 18.8. The topological polar surface area (TPSA) is 42.4 Å².